The lowest BCUT2D eigenvalue weighted by atomic mass is 9.74. The van der Waals surface area contributed by atoms with E-state index in [1.54, 1.807) is 29.2 Å². The van der Waals surface area contributed by atoms with Gasteiger partial charge in [-0.05, 0) is 69.5 Å². The molecule has 4 aromatic rings. The number of hydrogen-bond donors (Lipinski definition) is 2. The SMILES string of the molecule is CC(C)(C)CC1C(c2cc(Cl)ccc2F)C(c2cccc(Cl)c2Cl)C(C(=O)O)N1CNC(=O)OCC1c2ccccc2-c2ccccc21. The van der Waals surface area contributed by atoms with Crippen molar-refractivity contribution in [3.05, 3.63) is 128 Å². The number of alkyl carbamates (subject to hydrolysis) is 1. The summed E-state index contributed by atoms with van der Waals surface area (Å²) < 4.78 is 21.5. The number of likely N-dealkylation sites (tertiary alicyclic amines) is 1. The Morgan fingerprint density at radius 3 is 2.10 bits per heavy atom. The molecule has 1 amide bonds. The molecule has 2 aliphatic rings. The highest BCUT2D eigenvalue weighted by Gasteiger charge is 2.55. The number of fused-ring (bicyclic) bond motifs is 3. The first-order valence-electron chi connectivity index (χ1n) is 15.8. The molecule has 6 rings (SSSR count). The number of halogens is 4. The van der Waals surface area contributed by atoms with Crippen molar-refractivity contribution in [2.45, 2.75) is 57.0 Å². The van der Waals surface area contributed by atoms with Crippen molar-refractivity contribution in [2.24, 2.45) is 5.41 Å². The lowest BCUT2D eigenvalue weighted by molar-refractivity contribution is -0.143. The number of carboxylic acid groups (broad SMARTS) is 1. The summed E-state index contributed by atoms with van der Waals surface area (Å²) >= 11 is 19.6. The molecule has 4 atom stereocenters. The number of carbonyl (C=O) groups is 2. The molecule has 1 saturated heterocycles. The molecule has 10 heteroatoms. The number of amides is 1. The molecule has 1 aliphatic carbocycles. The molecule has 4 aromatic carbocycles. The van der Waals surface area contributed by atoms with Crippen molar-refractivity contribution in [2.75, 3.05) is 13.3 Å². The second-order valence-corrected chi connectivity index (χ2v) is 14.9. The zero-order valence-corrected chi connectivity index (χ0v) is 29.0. The van der Waals surface area contributed by atoms with E-state index >= 15 is 4.39 Å². The van der Waals surface area contributed by atoms with Crippen LogP contribution in [-0.2, 0) is 9.53 Å². The van der Waals surface area contributed by atoms with Crippen LogP contribution in [-0.4, -0.2) is 47.4 Å². The summed E-state index contributed by atoms with van der Waals surface area (Å²) in [5, 5.41) is 14.4. The van der Waals surface area contributed by atoms with Gasteiger partial charge in [-0.2, -0.15) is 0 Å². The van der Waals surface area contributed by atoms with Gasteiger partial charge in [0.1, 0.15) is 18.5 Å². The van der Waals surface area contributed by atoms with Crippen molar-refractivity contribution >= 4 is 46.9 Å². The van der Waals surface area contributed by atoms with Crippen molar-refractivity contribution in [3.8, 4) is 11.1 Å². The Bertz CT molecular complexity index is 1820. The summed E-state index contributed by atoms with van der Waals surface area (Å²) in [6.07, 6.45) is -0.223. The molecule has 1 aliphatic heterocycles. The lowest BCUT2D eigenvalue weighted by Gasteiger charge is -2.35. The Labute approximate surface area is 294 Å². The van der Waals surface area contributed by atoms with Crippen LogP contribution in [0.5, 0.6) is 0 Å². The van der Waals surface area contributed by atoms with Crippen molar-refractivity contribution in [3.63, 3.8) is 0 Å². The molecule has 1 fully saturated rings. The summed E-state index contributed by atoms with van der Waals surface area (Å²) in [4.78, 5) is 28.3. The number of hydrogen-bond acceptors (Lipinski definition) is 4. The van der Waals surface area contributed by atoms with Crippen LogP contribution in [0.15, 0.2) is 84.9 Å². The van der Waals surface area contributed by atoms with Gasteiger partial charge in [0.25, 0.3) is 0 Å². The van der Waals surface area contributed by atoms with Gasteiger partial charge in [0, 0.05) is 28.8 Å². The number of nitrogens with one attached hydrogen (secondary N) is 1. The minimum Gasteiger partial charge on any atom is -0.480 e. The predicted molar refractivity (Wildman–Crippen MR) is 188 cm³/mol. The third kappa shape index (κ3) is 6.66. The minimum absolute atomic E-state index is 0.102. The highest BCUT2D eigenvalue weighted by molar-refractivity contribution is 6.42. The predicted octanol–water partition coefficient (Wildman–Crippen LogP) is 9.72. The van der Waals surface area contributed by atoms with E-state index in [1.807, 2.05) is 57.2 Å². The second kappa shape index (κ2) is 13.7. The van der Waals surface area contributed by atoms with Crippen molar-refractivity contribution in [1.82, 2.24) is 10.2 Å². The fourth-order valence-corrected chi connectivity index (χ4v) is 8.17. The molecule has 0 saturated carbocycles. The fraction of sp³-hybridized carbons (Fsp3) is 0.316. The van der Waals surface area contributed by atoms with Gasteiger partial charge in [0.15, 0.2) is 0 Å². The third-order valence-electron chi connectivity index (χ3n) is 9.41. The number of carboxylic acids is 1. The van der Waals surface area contributed by atoms with Crippen LogP contribution in [0.1, 0.15) is 67.2 Å². The first-order valence-corrected chi connectivity index (χ1v) is 17.0. The van der Waals surface area contributed by atoms with Crippen LogP contribution in [0.25, 0.3) is 11.1 Å². The van der Waals surface area contributed by atoms with Crippen molar-refractivity contribution < 1.29 is 23.8 Å². The van der Waals surface area contributed by atoms with E-state index in [1.165, 1.54) is 12.1 Å². The van der Waals surface area contributed by atoms with Gasteiger partial charge < -0.3 is 15.2 Å². The van der Waals surface area contributed by atoms with E-state index in [0.717, 1.165) is 22.3 Å². The molecule has 1 heterocycles. The van der Waals surface area contributed by atoms with Gasteiger partial charge in [-0.15, -0.1) is 0 Å². The summed E-state index contributed by atoms with van der Waals surface area (Å²) in [7, 11) is 0. The Morgan fingerprint density at radius 2 is 1.48 bits per heavy atom. The van der Waals surface area contributed by atoms with E-state index in [9.17, 15) is 14.7 Å². The molecule has 0 aromatic heterocycles. The summed E-state index contributed by atoms with van der Waals surface area (Å²) in [6.45, 7) is 6.04. The van der Waals surface area contributed by atoms with E-state index in [2.05, 4.69) is 17.4 Å². The monoisotopic (exact) mass is 708 g/mol. The maximum absolute atomic E-state index is 15.8. The standard InChI is InChI=1S/C38H36Cl3FN2O4/c1-38(2,3)18-31-32(27-17-21(39)15-16-30(27)42)33(26-13-8-14-29(40)34(26)41)35(36(45)46)44(31)20-43-37(47)48-19-28-24-11-6-4-9-22(24)23-10-5-7-12-25(23)28/h4-17,28,31-33,35H,18-20H2,1-3H3,(H,43,47)(H,45,46). The van der Waals surface area contributed by atoms with Crippen LogP contribution in [0.2, 0.25) is 15.1 Å². The summed E-state index contributed by atoms with van der Waals surface area (Å²) in [6, 6.07) is 23.7. The third-order valence-corrected chi connectivity index (χ3v) is 10.5. The van der Waals surface area contributed by atoms with E-state index in [0.29, 0.717) is 17.0 Å². The highest BCUT2D eigenvalue weighted by atomic mass is 35.5. The molecule has 0 radical (unpaired) electrons. The Morgan fingerprint density at radius 1 is 0.854 bits per heavy atom. The van der Waals surface area contributed by atoms with Gasteiger partial charge in [-0.1, -0.05) is 116 Å². The summed E-state index contributed by atoms with van der Waals surface area (Å²) in [5.74, 6) is -3.33. The molecular formula is C38H36Cl3FN2O4. The first-order chi connectivity index (χ1) is 22.9. The smallest absolute Gasteiger partial charge is 0.408 e. The van der Waals surface area contributed by atoms with Gasteiger partial charge in [-0.25, -0.2) is 9.18 Å². The molecule has 4 unspecified atom stereocenters. The maximum Gasteiger partial charge on any atom is 0.408 e. The maximum atomic E-state index is 15.8. The fourth-order valence-electron chi connectivity index (χ4n) is 7.55. The average molecular weight is 710 g/mol. The van der Waals surface area contributed by atoms with E-state index in [-0.39, 0.29) is 40.2 Å². The van der Waals surface area contributed by atoms with Crippen LogP contribution in [0, 0.1) is 11.2 Å². The summed E-state index contributed by atoms with van der Waals surface area (Å²) in [5.41, 5.74) is 4.81. The minimum atomic E-state index is -1.20. The number of nitrogens with zero attached hydrogens (tertiary/aromatic N) is 1. The molecule has 0 spiro atoms. The first kappa shape index (κ1) is 34.3. The van der Waals surface area contributed by atoms with Gasteiger partial charge in [0.2, 0.25) is 0 Å². The normalized spacial score (nSPS) is 20.7. The molecule has 48 heavy (non-hydrogen) atoms. The lowest BCUT2D eigenvalue weighted by Crippen LogP contribution is -2.49. The van der Waals surface area contributed by atoms with Gasteiger partial charge in [0.05, 0.1) is 16.7 Å². The quantitative estimate of drug-likeness (QED) is 0.191. The number of ether oxygens (including phenoxy) is 1. The van der Waals surface area contributed by atoms with Gasteiger partial charge in [-0.3, -0.25) is 9.69 Å². The zero-order valence-electron chi connectivity index (χ0n) is 26.7. The Kier molecular flexibility index (Phi) is 9.78. The average Bonchev–Trinajstić information content (AvgIpc) is 3.53. The second-order valence-electron chi connectivity index (χ2n) is 13.7. The van der Waals surface area contributed by atoms with E-state index in [4.69, 9.17) is 39.5 Å². The number of rotatable bonds is 8. The van der Waals surface area contributed by atoms with E-state index < -0.39 is 41.8 Å². The van der Waals surface area contributed by atoms with Crippen LogP contribution in [0.4, 0.5) is 9.18 Å². The number of aliphatic carboxylic acids is 1. The van der Waals surface area contributed by atoms with Crippen LogP contribution in [0.3, 0.4) is 0 Å². The van der Waals surface area contributed by atoms with Crippen LogP contribution < -0.4 is 5.32 Å². The van der Waals surface area contributed by atoms with Crippen molar-refractivity contribution in [1.29, 1.82) is 0 Å². The molecular weight excluding hydrogens is 674 g/mol. The molecule has 6 nitrogen and oxygen atoms in total. The topological polar surface area (TPSA) is 78.9 Å². The molecule has 250 valence electrons. The molecule has 0 bridgehead atoms. The largest absolute Gasteiger partial charge is 0.480 e. The number of benzene rings is 4. The molecule has 2 N–H and O–H groups in total. The Balaban J connectivity index is 1.33. The zero-order chi connectivity index (χ0) is 34.3. The number of carbonyl (C=O) groups excluding carboxylic acids is 1. The Hall–Kier alpha value is -3.62. The van der Waals surface area contributed by atoms with Crippen LogP contribution >= 0.6 is 34.8 Å². The van der Waals surface area contributed by atoms with Gasteiger partial charge >= 0.3 is 12.1 Å². The highest BCUT2D eigenvalue weighted by Crippen LogP contribution is 2.53.